The van der Waals surface area contributed by atoms with Gasteiger partial charge in [0.2, 0.25) is 6.20 Å². The van der Waals surface area contributed by atoms with Crippen molar-refractivity contribution < 1.29 is 4.73 Å². The minimum Gasteiger partial charge on any atom is -0.618 e. The van der Waals surface area contributed by atoms with E-state index in [1.165, 1.54) is 0 Å². The highest BCUT2D eigenvalue weighted by Gasteiger charge is 2.15. The summed E-state index contributed by atoms with van der Waals surface area (Å²) in [7, 11) is 0. The molecule has 0 aliphatic rings. The summed E-state index contributed by atoms with van der Waals surface area (Å²) in [5, 5.41) is 10.7. The fourth-order valence-electron chi connectivity index (χ4n) is 0.508. The van der Waals surface area contributed by atoms with E-state index in [9.17, 15) is 5.21 Å². The third-order valence-corrected chi connectivity index (χ3v) is 2.70. The molecule has 0 spiro atoms. The molecule has 1 heterocycles. The molecule has 0 saturated carbocycles. The largest absolute Gasteiger partial charge is 0.618 e. The van der Waals surface area contributed by atoms with Crippen LogP contribution in [0.1, 0.15) is 0 Å². The quantitative estimate of drug-likeness (QED) is 0.384. The van der Waals surface area contributed by atoms with Crippen LogP contribution in [-0.4, -0.2) is 0 Å². The molecule has 0 amide bonds. The van der Waals surface area contributed by atoms with Gasteiger partial charge in [-0.25, -0.2) is 0 Å². The summed E-state index contributed by atoms with van der Waals surface area (Å²) in [6, 6.07) is 0. The molecular formula is C5HCl4NO. The molecule has 11 heavy (non-hydrogen) atoms. The Hall–Kier alpha value is 0.110. The minimum atomic E-state index is -0.180. The normalized spacial score (nSPS) is 10.2. The average Bonchev–Trinajstić information content (AvgIpc) is 1.97. The number of hydrogen-bond donors (Lipinski definition) is 0. The first-order chi connectivity index (χ1) is 5.04. The zero-order chi connectivity index (χ0) is 8.59. The van der Waals surface area contributed by atoms with Gasteiger partial charge in [-0.2, -0.15) is 4.73 Å². The van der Waals surface area contributed by atoms with Crippen molar-refractivity contribution in [2.24, 2.45) is 0 Å². The maximum absolute atomic E-state index is 10.8. The predicted octanol–water partition coefficient (Wildman–Crippen LogP) is 2.93. The van der Waals surface area contributed by atoms with Crippen LogP contribution < -0.4 is 4.73 Å². The molecule has 0 fully saturated rings. The van der Waals surface area contributed by atoms with Crippen molar-refractivity contribution in [3.05, 3.63) is 31.6 Å². The van der Waals surface area contributed by atoms with Crippen LogP contribution in [0.3, 0.4) is 0 Å². The summed E-state index contributed by atoms with van der Waals surface area (Å²) in [6.45, 7) is 0. The minimum absolute atomic E-state index is 0.0316. The Morgan fingerprint density at radius 3 is 2.18 bits per heavy atom. The van der Waals surface area contributed by atoms with E-state index < -0.39 is 0 Å². The van der Waals surface area contributed by atoms with Gasteiger partial charge in [-0.05, 0) is 11.6 Å². The van der Waals surface area contributed by atoms with Gasteiger partial charge in [-0.1, -0.05) is 34.8 Å². The fourth-order valence-corrected chi connectivity index (χ4v) is 1.25. The van der Waals surface area contributed by atoms with Crippen LogP contribution in [0.5, 0.6) is 0 Å². The standard InChI is InChI=1S/C5HCl4NO/c6-2-1-10(11)5(9)4(8)3(2)7/h1H. The molecule has 1 aromatic heterocycles. The zero-order valence-corrected chi connectivity index (χ0v) is 7.97. The van der Waals surface area contributed by atoms with Crippen molar-refractivity contribution in [2.45, 2.75) is 0 Å². The Morgan fingerprint density at radius 1 is 1.09 bits per heavy atom. The molecule has 60 valence electrons. The predicted molar refractivity (Wildman–Crippen MR) is 45.4 cm³/mol. The lowest BCUT2D eigenvalue weighted by Crippen LogP contribution is -2.27. The van der Waals surface area contributed by atoms with E-state index >= 15 is 0 Å². The highest BCUT2D eigenvalue weighted by molar-refractivity contribution is 6.50. The highest BCUT2D eigenvalue weighted by atomic mass is 35.5. The summed E-state index contributed by atoms with van der Waals surface area (Å²) >= 11 is 22.0. The summed E-state index contributed by atoms with van der Waals surface area (Å²) in [6.07, 6.45) is 1.04. The van der Waals surface area contributed by atoms with Gasteiger partial charge in [-0.3, -0.25) is 0 Å². The number of nitrogens with zero attached hydrogens (tertiary/aromatic N) is 1. The zero-order valence-electron chi connectivity index (χ0n) is 4.94. The summed E-state index contributed by atoms with van der Waals surface area (Å²) < 4.78 is 0.345. The van der Waals surface area contributed by atoms with Crippen molar-refractivity contribution in [3.8, 4) is 0 Å². The van der Waals surface area contributed by atoms with Gasteiger partial charge < -0.3 is 5.21 Å². The lowest BCUT2D eigenvalue weighted by atomic mass is 10.5. The summed E-state index contributed by atoms with van der Waals surface area (Å²) in [5.74, 6) is 0. The molecule has 0 unspecified atom stereocenters. The van der Waals surface area contributed by atoms with Gasteiger partial charge in [0.05, 0.1) is 5.02 Å². The van der Waals surface area contributed by atoms with Crippen LogP contribution in [0.15, 0.2) is 6.20 Å². The SMILES string of the molecule is [O-][n+]1cc(Cl)c(Cl)c(Cl)c1Cl. The molecule has 1 rings (SSSR count). The Morgan fingerprint density at radius 2 is 1.64 bits per heavy atom. The van der Waals surface area contributed by atoms with Crippen molar-refractivity contribution in [1.29, 1.82) is 0 Å². The average molecular weight is 233 g/mol. The van der Waals surface area contributed by atoms with Crippen LogP contribution in [0.4, 0.5) is 0 Å². The van der Waals surface area contributed by atoms with Crippen molar-refractivity contribution in [3.63, 3.8) is 0 Å². The van der Waals surface area contributed by atoms with Gasteiger partial charge in [0.15, 0.2) is 0 Å². The van der Waals surface area contributed by atoms with Gasteiger partial charge in [-0.15, -0.1) is 0 Å². The maximum Gasteiger partial charge on any atom is 0.306 e. The number of hydrogen-bond acceptors (Lipinski definition) is 1. The van der Waals surface area contributed by atoms with E-state index in [0.717, 1.165) is 6.20 Å². The molecule has 0 atom stereocenters. The van der Waals surface area contributed by atoms with E-state index in [0.29, 0.717) is 4.73 Å². The van der Waals surface area contributed by atoms with E-state index in [1.54, 1.807) is 0 Å². The molecule has 0 aliphatic heterocycles. The number of halogens is 4. The third kappa shape index (κ3) is 1.64. The fraction of sp³-hybridized carbons (Fsp3) is 0. The molecule has 1 aromatic rings. The van der Waals surface area contributed by atoms with Gasteiger partial charge >= 0.3 is 5.15 Å². The van der Waals surface area contributed by atoms with Crippen LogP contribution in [0.25, 0.3) is 0 Å². The molecule has 0 saturated heterocycles. The number of aromatic nitrogens is 1. The van der Waals surface area contributed by atoms with Crippen molar-refractivity contribution >= 4 is 46.4 Å². The molecule has 0 radical (unpaired) electrons. The van der Waals surface area contributed by atoms with E-state index in [1.807, 2.05) is 0 Å². The van der Waals surface area contributed by atoms with Crippen LogP contribution in [0, 0.1) is 5.21 Å². The van der Waals surface area contributed by atoms with E-state index in [2.05, 4.69) is 0 Å². The molecule has 0 aliphatic carbocycles. The van der Waals surface area contributed by atoms with Gasteiger partial charge in [0, 0.05) is 0 Å². The van der Waals surface area contributed by atoms with Crippen LogP contribution in [0.2, 0.25) is 20.2 Å². The molecule has 0 bridgehead atoms. The second-order valence-electron chi connectivity index (χ2n) is 1.72. The number of pyridine rings is 1. The van der Waals surface area contributed by atoms with Crippen LogP contribution >= 0.6 is 46.4 Å². The monoisotopic (exact) mass is 231 g/mol. The highest BCUT2D eigenvalue weighted by Crippen LogP contribution is 2.32. The molecule has 0 aromatic carbocycles. The smallest absolute Gasteiger partial charge is 0.306 e. The van der Waals surface area contributed by atoms with Gasteiger partial charge in [0.1, 0.15) is 10.0 Å². The summed E-state index contributed by atoms with van der Waals surface area (Å²) in [4.78, 5) is 0. The first-order valence-electron chi connectivity index (χ1n) is 2.46. The van der Waals surface area contributed by atoms with Crippen molar-refractivity contribution in [1.82, 2.24) is 0 Å². The van der Waals surface area contributed by atoms with E-state index in [-0.39, 0.29) is 20.2 Å². The topological polar surface area (TPSA) is 26.9 Å². The second kappa shape index (κ2) is 3.23. The molecular weight excluding hydrogens is 232 g/mol. The van der Waals surface area contributed by atoms with Crippen molar-refractivity contribution in [2.75, 3.05) is 0 Å². The summed E-state index contributed by atoms with van der Waals surface area (Å²) in [5.41, 5.74) is 0. The van der Waals surface area contributed by atoms with E-state index in [4.69, 9.17) is 46.4 Å². The lowest BCUT2D eigenvalue weighted by molar-refractivity contribution is -0.602. The first-order valence-corrected chi connectivity index (χ1v) is 3.97. The first kappa shape index (κ1) is 9.20. The number of rotatable bonds is 0. The third-order valence-electron chi connectivity index (χ3n) is 1.01. The Bertz CT molecular complexity index is 275. The second-order valence-corrected chi connectivity index (χ2v) is 3.24. The Labute approximate surface area is 82.8 Å². The van der Waals surface area contributed by atoms with Crippen LogP contribution in [-0.2, 0) is 0 Å². The maximum atomic E-state index is 10.8. The Balaban J connectivity index is 3.46. The van der Waals surface area contributed by atoms with Gasteiger partial charge in [0.25, 0.3) is 0 Å². The molecule has 2 nitrogen and oxygen atoms in total. The molecule has 0 N–H and O–H groups in total. The molecule has 6 heteroatoms. The Kier molecular flexibility index (Phi) is 2.70. The lowest BCUT2D eigenvalue weighted by Gasteiger charge is -2.02.